The topological polar surface area (TPSA) is 59.0 Å². The molecule has 0 aromatic heterocycles. The molecular weight excluding hydrogens is 378 g/mol. The number of aliphatic hydroxyl groups excluding tert-OH is 1. The minimum Gasteiger partial charge on any atom is -0.493 e. The molecule has 1 aliphatic heterocycles. The van der Waals surface area contributed by atoms with Crippen molar-refractivity contribution in [3.05, 3.63) is 59.2 Å². The number of carbonyl (C=O) groups excluding carboxylic acids is 1. The van der Waals surface area contributed by atoms with Crippen LogP contribution in [0.2, 0.25) is 0 Å². The van der Waals surface area contributed by atoms with Crippen molar-refractivity contribution in [2.75, 3.05) is 33.9 Å². The van der Waals surface area contributed by atoms with Crippen LogP contribution >= 0.6 is 0 Å². The Kier molecular flexibility index (Phi) is 7.89. The molecule has 5 nitrogen and oxygen atoms in total. The molecule has 0 spiro atoms. The molecule has 30 heavy (non-hydrogen) atoms. The molecular formula is C25H29NO4. The van der Waals surface area contributed by atoms with Crippen LogP contribution in [0, 0.1) is 17.8 Å². The summed E-state index contributed by atoms with van der Waals surface area (Å²) in [7, 11) is 3.17. The van der Waals surface area contributed by atoms with Gasteiger partial charge in [0, 0.05) is 36.6 Å². The second-order valence-corrected chi connectivity index (χ2v) is 7.48. The van der Waals surface area contributed by atoms with E-state index >= 15 is 0 Å². The molecule has 2 aromatic rings. The number of hydrogen-bond donors (Lipinski definition) is 1. The third kappa shape index (κ3) is 5.63. The number of likely N-dealkylation sites (tertiary alicyclic amines) is 1. The van der Waals surface area contributed by atoms with Crippen molar-refractivity contribution >= 4 is 5.78 Å². The second-order valence-electron chi connectivity index (χ2n) is 7.48. The van der Waals surface area contributed by atoms with Gasteiger partial charge in [-0.05, 0) is 55.3 Å². The molecule has 1 fully saturated rings. The predicted octanol–water partition coefficient (Wildman–Crippen LogP) is 3.53. The van der Waals surface area contributed by atoms with Crippen LogP contribution in [0.3, 0.4) is 0 Å². The average molecular weight is 408 g/mol. The fourth-order valence-electron chi connectivity index (χ4n) is 3.81. The number of rotatable bonds is 7. The van der Waals surface area contributed by atoms with Gasteiger partial charge >= 0.3 is 0 Å². The van der Waals surface area contributed by atoms with Gasteiger partial charge in [0.2, 0.25) is 0 Å². The number of aliphatic hydroxyl groups is 1. The molecule has 0 amide bonds. The van der Waals surface area contributed by atoms with Gasteiger partial charge in [-0.1, -0.05) is 24.0 Å². The van der Waals surface area contributed by atoms with Crippen molar-refractivity contribution in [3.63, 3.8) is 0 Å². The first-order valence-corrected chi connectivity index (χ1v) is 10.3. The Bertz CT molecular complexity index is 911. The molecule has 5 heteroatoms. The smallest absolute Gasteiger partial charge is 0.167 e. The molecule has 0 saturated carbocycles. The fourth-order valence-corrected chi connectivity index (χ4v) is 3.81. The van der Waals surface area contributed by atoms with Crippen LogP contribution in [0.5, 0.6) is 11.5 Å². The summed E-state index contributed by atoms with van der Waals surface area (Å²) >= 11 is 0. The van der Waals surface area contributed by atoms with E-state index in [0.29, 0.717) is 23.5 Å². The normalized spacial score (nSPS) is 16.4. The van der Waals surface area contributed by atoms with E-state index in [-0.39, 0.29) is 18.3 Å². The lowest BCUT2D eigenvalue weighted by atomic mass is 9.89. The Hall–Kier alpha value is -2.81. The van der Waals surface area contributed by atoms with E-state index < -0.39 is 0 Å². The number of ether oxygens (including phenoxy) is 2. The number of methoxy groups -OCH3 is 2. The molecule has 158 valence electrons. The summed E-state index contributed by atoms with van der Waals surface area (Å²) in [6.45, 7) is 2.66. The maximum absolute atomic E-state index is 13.1. The Morgan fingerprint density at radius 1 is 1.13 bits per heavy atom. The zero-order chi connectivity index (χ0) is 21.3. The van der Waals surface area contributed by atoms with Crippen LogP contribution in [0.4, 0.5) is 0 Å². The fraction of sp³-hybridized carbons (Fsp3) is 0.400. The van der Waals surface area contributed by atoms with E-state index in [9.17, 15) is 4.79 Å². The van der Waals surface area contributed by atoms with Gasteiger partial charge < -0.3 is 14.6 Å². The maximum atomic E-state index is 13.1. The average Bonchev–Trinajstić information content (AvgIpc) is 2.79. The molecule has 0 bridgehead atoms. The zero-order valence-electron chi connectivity index (χ0n) is 17.7. The Balaban J connectivity index is 1.62. The van der Waals surface area contributed by atoms with Crippen molar-refractivity contribution < 1.29 is 19.4 Å². The van der Waals surface area contributed by atoms with Crippen molar-refractivity contribution in [2.24, 2.45) is 5.92 Å². The van der Waals surface area contributed by atoms with E-state index in [1.807, 2.05) is 18.2 Å². The van der Waals surface area contributed by atoms with E-state index in [0.717, 1.165) is 38.0 Å². The summed E-state index contributed by atoms with van der Waals surface area (Å²) < 4.78 is 10.6. The minimum absolute atomic E-state index is 0.0135. The van der Waals surface area contributed by atoms with Gasteiger partial charge in [0.15, 0.2) is 17.3 Å². The molecule has 3 rings (SSSR count). The van der Waals surface area contributed by atoms with Gasteiger partial charge in [-0.3, -0.25) is 9.69 Å². The van der Waals surface area contributed by atoms with E-state index in [1.54, 1.807) is 26.4 Å². The van der Waals surface area contributed by atoms with Crippen LogP contribution in [0.1, 0.15) is 40.7 Å². The number of Topliss-reactive ketones (excluding diaryl/α,β-unsaturated/α-hetero) is 1. The minimum atomic E-state index is -0.0135. The summed E-state index contributed by atoms with van der Waals surface area (Å²) in [6.07, 6.45) is 2.41. The number of benzene rings is 2. The lowest BCUT2D eigenvalue weighted by molar-refractivity contribution is 0.0811. The Morgan fingerprint density at radius 2 is 1.90 bits per heavy atom. The van der Waals surface area contributed by atoms with Crippen molar-refractivity contribution in [1.29, 1.82) is 0 Å². The highest BCUT2D eigenvalue weighted by Gasteiger charge is 2.27. The predicted molar refractivity (Wildman–Crippen MR) is 117 cm³/mol. The molecule has 1 atom stereocenters. The van der Waals surface area contributed by atoms with Crippen molar-refractivity contribution in [1.82, 2.24) is 4.90 Å². The van der Waals surface area contributed by atoms with Gasteiger partial charge in [-0.2, -0.15) is 0 Å². The summed E-state index contributed by atoms with van der Waals surface area (Å²) in [6, 6.07) is 13.6. The van der Waals surface area contributed by atoms with Crippen LogP contribution in [-0.4, -0.2) is 49.7 Å². The summed E-state index contributed by atoms with van der Waals surface area (Å²) in [5, 5.41) is 8.81. The molecule has 0 radical (unpaired) electrons. The van der Waals surface area contributed by atoms with Gasteiger partial charge in [0.1, 0.15) is 0 Å². The zero-order valence-corrected chi connectivity index (χ0v) is 17.7. The first kappa shape index (κ1) is 21.9. The molecule has 1 heterocycles. The number of piperidine rings is 1. The standard InChI is InChI=1S/C25H29NO4/c1-29-23-13-12-21(16-24(23)30-2)25(28)22-7-5-14-26(18-22)17-20-10-8-19(9-11-20)6-3-4-15-27/h8-13,16,22,27H,4-5,7,14-15,17-18H2,1-2H3. The van der Waals surface area contributed by atoms with E-state index in [4.69, 9.17) is 14.6 Å². The highest BCUT2D eigenvalue weighted by Crippen LogP contribution is 2.30. The maximum Gasteiger partial charge on any atom is 0.167 e. The third-order valence-corrected chi connectivity index (χ3v) is 5.37. The molecule has 1 aliphatic rings. The first-order valence-electron chi connectivity index (χ1n) is 10.3. The SMILES string of the molecule is COc1ccc(C(=O)C2CCCN(Cc3ccc(C#CCCO)cc3)C2)cc1OC. The van der Waals surface area contributed by atoms with Crippen LogP contribution in [0.15, 0.2) is 42.5 Å². The number of ketones is 1. The van der Waals surface area contributed by atoms with Crippen LogP contribution in [-0.2, 0) is 6.54 Å². The lowest BCUT2D eigenvalue weighted by Gasteiger charge is -2.32. The largest absolute Gasteiger partial charge is 0.493 e. The molecule has 2 aromatic carbocycles. The quantitative estimate of drug-likeness (QED) is 0.562. The molecule has 1 saturated heterocycles. The van der Waals surface area contributed by atoms with Crippen molar-refractivity contribution in [3.8, 4) is 23.3 Å². The van der Waals surface area contributed by atoms with Crippen LogP contribution < -0.4 is 9.47 Å². The second kappa shape index (κ2) is 10.8. The van der Waals surface area contributed by atoms with Gasteiger partial charge in [-0.25, -0.2) is 0 Å². The van der Waals surface area contributed by atoms with Gasteiger partial charge in [-0.15, -0.1) is 0 Å². The number of hydrogen-bond acceptors (Lipinski definition) is 5. The lowest BCUT2D eigenvalue weighted by Crippen LogP contribution is -2.38. The highest BCUT2D eigenvalue weighted by atomic mass is 16.5. The van der Waals surface area contributed by atoms with Gasteiger partial charge in [0.25, 0.3) is 0 Å². The number of carbonyl (C=O) groups is 1. The Morgan fingerprint density at radius 3 is 2.60 bits per heavy atom. The summed E-state index contributed by atoms with van der Waals surface area (Å²) in [5.41, 5.74) is 2.83. The van der Waals surface area contributed by atoms with Gasteiger partial charge in [0.05, 0.1) is 20.8 Å². The summed E-state index contributed by atoms with van der Waals surface area (Å²) in [4.78, 5) is 15.4. The third-order valence-electron chi connectivity index (χ3n) is 5.37. The Labute approximate surface area is 178 Å². The van der Waals surface area contributed by atoms with Crippen molar-refractivity contribution in [2.45, 2.75) is 25.8 Å². The number of nitrogens with zero attached hydrogens (tertiary/aromatic N) is 1. The molecule has 1 unspecified atom stereocenters. The van der Waals surface area contributed by atoms with E-state index in [1.165, 1.54) is 5.56 Å². The summed E-state index contributed by atoms with van der Waals surface area (Å²) in [5.74, 6) is 7.34. The highest BCUT2D eigenvalue weighted by molar-refractivity contribution is 5.98. The molecule has 0 aliphatic carbocycles. The monoisotopic (exact) mass is 407 g/mol. The van der Waals surface area contributed by atoms with E-state index in [2.05, 4.69) is 28.9 Å². The molecule has 1 N–H and O–H groups in total. The first-order chi connectivity index (χ1) is 14.6. The van der Waals surface area contributed by atoms with Crippen LogP contribution in [0.25, 0.3) is 0 Å².